The summed E-state index contributed by atoms with van der Waals surface area (Å²) in [7, 11) is 0. The Morgan fingerprint density at radius 3 is 2.30 bits per heavy atom. The van der Waals surface area contributed by atoms with E-state index < -0.39 is 0 Å². The fourth-order valence-corrected chi connectivity index (χ4v) is 2.43. The smallest absolute Gasteiger partial charge is 0.123 e. The van der Waals surface area contributed by atoms with Crippen LogP contribution in [0.15, 0.2) is 61.1 Å². The van der Waals surface area contributed by atoms with Crippen LogP contribution in [0.4, 0.5) is 4.39 Å². The van der Waals surface area contributed by atoms with Crippen molar-refractivity contribution in [3.63, 3.8) is 0 Å². The minimum Gasteiger partial charge on any atom is -0.347 e. The minimum atomic E-state index is -0.214. The van der Waals surface area contributed by atoms with Crippen molar-refractivity contribution >= 4 is 0 Å². The van der Waals surface area contributed by atoms with Crippen molar-refractivity contribution in [1.82, 2.24) is 9.55 Å². The van der Waals surface area contributed by atoms with Gasteiger partial charge in [-0.2, -0.15) is 0 Å². The van der Waals surface area contributed by atoms with Crippen LogP contribution in [0, 0.1) is 5.82 Å². The Labute approximate surface area is 117 Å². The second-order valence-corrected chi connectivity index (χ2v) is 4.61. The molecule has 0 aliphatic carbocycles. The predicted octanol–water partition coefficient (Wildman–Crippen LogP) is 4.38. The largest absolute Gasteiger partial charge is 0.347 e. The van der Waals surface area contributed by atoms with Gasteiger partial charge in [-0.15, -0.1) is 0 Å². The van der Waals surface area contributed by atoms with E-state index in [0.717, 1.165) is 28.9 Å². The summed E-state index contributed by atoms with van der Waals surface area (Å²) in [5.41, 5.74) is 4.39. The molecule has 0 bridgehead atoms. The van der Waals surface area contributed by atoms with Crippen LogP contribution in [0.2, 0.25) is 0 Å². The fourth-order valence-electron chi connectivity index (χ4n) is 2.43. The molecule has 0 radical (unpaired) electrons. The standard InChI is InChI=1S/C17H15FN2/c1-2-20-12-9-16(13-3-5-15(18)6-4-13)17(20)14-7-10-19-11-8-14/h3-12H,2H2,1H3. The number of benzene rings is 1. The van der Waals surface area contributed by atoms with E-state index in [-0.39, 0.29) is 5.82 Å². The summed E-state index contributed by atoms with van der Waals surface area (Å²) in [6, 6.07) is 12.7. The third-order valence-corrected chi connectivity index (χ3v) is 3.41. The summed E-state index contributed by atoms with van der Waals surface area (Å²) in [6.07, 6.45) is 5.64. The molecular formula is C17H15FN2. The van der Waals surface area contributed by atoms with Crippen LogP contribution >= 0.6 is 0 Å². The number of rotatable bonds is 3. The fraction of sp³-hybridized carbons (Fsp3) is 0.118. The minimum absolute atomic E-state index is 0.214. The molecule has 0 saturated carbocycles. The lowest BCUT2D eigenvalue weighted by atomic mass is 10.0. The summed E-state index contributed by atoms with van der Waals surface area (Å²) in [6.45, 7) is 3.00. The van der Waals surface area contributed by atoms with Gasteiger partial charge >= 0.3 is 0 Å². The van der Waals surface area contributed by atoms with Gasteiger partial charge in [0.1, 0.15) is 5.82 Å². The maximum atomic E-state index is 13.1. The van der Waals surface area contributed by atoms with Gasteiger partial charge in [-0.05, 0) is 42.8 Å². The number of nitrogens with zero attached hydrogens (tertiary/aromatic N) is 2. The molecule has 100 valence electrons. The first-order valence-electron chi connectivity index (χ1n) is 6.65. The average molecular weight is 266 g/mol. The molecule has 0 aliphatic heterocycles. The number of aryl methyl sites for hydroxylation is 1. The van der Waals surface area contributed by atoms with Crippen molar-refractivity contribution in [1.29, 1.82) is 0 Å². The van der Waals surface area contributed by atoms with E-state index in [4.69, 9.17) is 0 Å². The molecule has 0 N–H and O–H groups in total. The molecule has 3 heteroatoms. The van der Waals surface area contributed by atoms with Crippen molar-refractivity contribution in [2.75, 3.05) is 0 Å². The molecule has 0 atom stereocenters. The lowest BCUT2D eigenvalue weighted by Gasteiger charge is -2.10. The van der Waals surface area contributed by atoms with Crippen LogP contribution in [0.25, 0.3) is 22.4 Å². The molecular weight excluding hydrogens is 251 g/mol. The summed E-state index contributed by atoms with van der Waals surface area (Å²) in [5, 5.41) is 0. The van der Waals surface area contributed by atoms with Crippen LogP contribution < -0.4 is 0 Å². The molecule has 2 heterocycles. The van der Waals surface area contributed by atoms with E-state index in [2.05, 4.69) is 28.7 Å². The number of hydrogen-bond donors (Lipinski definition) is 0. The molecule has 3 rings (SSSR count). The first-order valence-corrected chi connectivity index (χ1v) is 6.65. The number of aromatic nitrogens is 2. The molecule has 3 aromatic rings. The zero-order valence-corrected chi connectivity index (χ0v) is 11.3. The number of hydrogen-bond acceptors (Lipinski definition) is 1. The summed E-state index contributed by atoms with van der Waals surface area (Å²) in [5.74, 6) is -0.214. The van der Waals surface area contributed by atoms with Crippen molar-refractivity contribution in [3.8, 4) is 22.4 Å². The first kappa shape index (κ1) is 12.6. The molecule has 1 aromatic carbocycles. The highest BCUT2D eigenvalue weighted by molar-refractivity contribution is 5.81. The van der Waals surface area contributed by atoms with Crippen LogP contribution in [-0.4, -0.2) is 9.55 Å². The summed E-state index contributed by atoms with van der Waals surface area (Å²) in [4.78, 5) is 4.07. The van der Waals surface area contributed by atoms with Gasteiger partial charge < -0.3 is 4.57 Å². The van der Waals surface area contributed by atoms with Gasteiger partial charge in [-0.3, -0.25) is 4.98 Å². The van der Waals surface area contributed by atoms with Crippen LogP contribution in [0.5, 0.6) is 0 Å². The Morgan fingerprint density at radius 1 is 0.950 bits per heavy atom. The predicted molar refractivity (Wildman–Crippen MR) is 78.7 cm³/mol. The first-order chi connectivity index (χ1) is 9.79. The molecule has 2 aromatic heterocycles. The van der Waals surface area contributed by atoms with Gasteiger partial charge in [0.15, 0.2) is 0 Å². The lowest BCUT2D eigenvalue weighted by Crippen LogP contribution is -1.96. The highest BCUT2D eigenvalue weighted by Crippen LogP contribution is 2.33. The Bertz CT molecular complexity index is 700. The van der Waals surface area contributed by atoms with Gasteiger partial charge in [0.25, 0.3) is 0 Å². The van der Waals surface area contributed by atoms with Gasteiger partial charge in [0.2, 0.25) is 0 Å². The van der Waals surface area contributed by atoms with E-state index in [0.29, 0.717) is 0 Å². The van der Waals surface area contributed by atoms with Crippen molar-refractivity contribution in [2.24, 2.45) is 0 Å². The van der Waals surface area contributed by atoms with Gasteiger partial charge in [0.05, 0.1) is 5.69 Å². The molecule has 0 unspecified atom stereocenters. The Kier molecular flexibility index (Phi) is 3.33. The van der Waals surface area contributed by atoms with Crippen molar-refractivity contribution in [2.45, 2.75) is 13.5 Å². The highest BCUT2D eigenvalue weighted by atomic mass is 19.1. The second-order valence-electron chi connectivity index (χ2n) is 4.61. The third-order valence-electron chi connectivity index (χ3n) is 3.41. The molecule has 0 amide bonds. The van der Waals surface area contributed by atoms with Crippen molar-refractivity contribution in [3.05, 3.63) is 66.9 Å². The Balaban J connectivity index is 2.17. The SMILES string of the molecule is CCn1ccc(-c2ccc(F)cc2)c1-c1ccncc1. The van der Waals surface area contributed by atoms with E-state index in [1.165, 1.54) is 12.1 Å². The topological polar surface area (TPSA) is 17.8 Å². The number of halogens is 1. The molecule has 0 spiro atoms. The van der Waals surface area contributed by atoms with E-state index in [9.17, 15) is 4.39 Å². The van der Waals surface area contributed by atoms with Crippen LogP contribution in [-0.2, 0) is 6.54 Å². The van der Waals surface area contributed by atoms with Gasteiger partial charge in [-0.1, -0.05) is 12.1 Å². The molecule has 0 fully saturated rings. The Morgan fingerprint density at radius 2 is 1.65 bits per heavy atom. The molecule has 2 nitrogen and oxygen atoms in total. The lowest BCUT2D eigenvalue weighted by molar-refractivity contribution is 0.628. The maximum absolute atomic E-state index is 13.1. The van der Waals surface area contributed by atoms with Crippen LogP contribution in [0.3, 0.4) is 0 Å². The molecule has 0 saturated heterocycles. The molecule has 0 aliphatic rings. The van der Waals surface area contributed by atoms with Crippen LogP contribution in [0.1, 0.15) is 6.92 Å². The zero-order valence-electron chi connectivity index (χ0n) is 11.3. The van der Waals surface area contributed by atoms with Gasteiger partial charge in [0, 0.05) is 36.3 Å². The second kappa shape index (κ2) is 5.29. The van der Waals surface area contributed by atoms with Crippen molar-refractivity contribution < 1.29 is 4.39 Å². The molecule has 20 heavy (non-hydrogen) atoms. The quantitative estimate of drug-likeness (QED) is 0.688. The Hall–Kier alpha value is -2.42. The van der Waals surface area contributed by atoms with E-state index in [1.54, 1.807) is 12.4 Å². The van der Waals surface area contributed by atoms with E-state index in [1.807, 2.05) is 24.3 Å². The maximum Gasteiger partial charge on any atom is 0.123 e. The van der Waals surface area contributed by atoms with Gasteiger partial charge in [-0.25, -0.2) is 4.39 Å². The van der Waals surface area contributed by atoms with E-state index >= 15 is 0 Å². The zero-order chi connectivity index (χ0) is 13.9. The number of pyridine rings is 1. The third kappa shape index (κ3) is 2.23. The summed E-state index contributed by atoms with van der Waals surface area (Å²) >= 11 is 0. The normalized spacial score (nSPS) is 10.7. The summed E-state index contributed by atoms with van der Waals surface area (Å²) < 4.78 is 15.3. The highest BCUT2D eigenvalue weighted by Gasteiger charge is 2.12. The monoisotopic (exact) mass is 266 g/mol. The average Bonchev–Trinajstić information content (AvgIpc) is 2.93.